The van der Waals surface area contributed by atoms with Crippen LogP contribution in [0.4, 0.5) is 5.00 Å². The Hall–Kier alpha value is -2.67. The maximum absolute atomic E-state index is 12.4. The molecule has 7 heteroatoms. The lowest BCUT2D eigenvalue weighted by Gasteiger charge is -2.10. The van der Waals surface area contributed by atoms with E-state index in [0.717, 1.165) is 28.2 Å². The van der Waals surface area contributed by atoms with Crippen LogP contribution in [0.15, 0.2) is 18.2 Å². The van der Waals surface area contributed by atoms with Crippen molar-refractivity contribution < 1.29 is 23.9 Å². The van der Waals surface area contributed by atoms with Crippen LogP contribution in [-0.2, 0) is 9.53 Å². The predicted molar refractivity (Wildman–Crippen MR) is 114 cm³/mol. The standard InChI is InChI=1S/C22H27NO5S/c1-6-27-22(26)19-15(4)20(16(5)24)29-21(19)23-18(25)8-7-11-28-17-12-13(2)9-10-14(17)3/h9-10,12H,6-8,11H2,1-5H3,(H,23,25). The molecule has 29 heavy (non-hydrogen) atoms. The third-order valence-electron chi connectivity index (χ3n) is 4.35. The number of esters is 1. The highest BCUT2D eigenvalue weighted by Gasteiger charge is 2.25. The number of hydrogen-bond acceptors (Lipinski definition) is 6. The summed E-state index contributed by atoms with van der Waals surface area (Å²) in [4.78, 5) is 36.9. The molecule has 1 amide bonds. The second-order valence-electron chi connectivity index (χ2n) is 6.81. The SMILES string of the molecule is CCOC(=O)c1c(NC(=O)CCCOc2cc(C)ccc2C)sc(C(C)=O)c1C. The molecule has 0 aliphatic rings. The first kappa shape index (κ1) is 22.6. The first-order valence-corrected chi connectivity index (χ1v) is 10.4. The van der Waals surface area contributed by atoms with Gasteiger partial charge in [0.05, 0.1) is 23.7 Å². The number of nitrogens with one attached hydrogen (secondary N) is 1. The van der Waals surface area contributed by atoms with E-state index in [1.807, 2.05) is 32.0 Å². The Morgan fingerprint density at radius 1 is 1.14 bits per heavy atom. The fourth-order valence-electron chi connectivity index (χ4n) is 2.85. The summed E-state index contributed by atoms with van der Waals surface area (Å²) in [5.41, 5.74) is 2.95. The van der Waals surface area contributed by atoms with Gasteiger partial charge in [-0.05, 0) is 63.8 Å². The number of Topliss-reactive ketones (excluding diaryl/α,β-unsaturated/α-hetero) is 1. The van der Waals surface area contributed by atoms with Gasteiger partial charge in [0.25, 0.3) is 0 Å². The molecule has 0 unspecified atom stereocenters. The van der Waals surface area contributed by atoms with Crippen molar-refractivity contribution in [2.24, 2.45) is 0 Å². The molecule has 0 aliphatic carbocycles. The lowest BCUT2D eigenvalue weighted by molar-refractivity contribution is -0.116. The zero-order chi connectivity index (χ0) is 21.6. The van der Waals surface area contributed by atoms with Crippen LogP contribution in [0.2, 0.25) is 0 Å². The summed E-state index contributed by atoms with van der Waals surface area (Å²) in [6.45, 7) is 9.43. The van der Waals surface area contributed by atoms with Crippen LogP contribution in [0.3, 0.4) is 0 Å². The fraction of sp³-hybridized carbons (Fsp3) is 0.409. The van der Waals surface area contributed by atoms with E-state index in [0.29, 0.717) is 28.5 Å². The van der Waals surface area contributed by atoms with Crippen LogP contribution in [0.5, 0.6) is 5.75 Å². The molecule has 0 spiro atoms. The average Bonchev–Trinajstić information content (AvgIpc) is 2.98. The summed E-state index contributed by atoms with van der Waals surface area (Å²) in [5.74, 6) is -0.116. The van der Waals surface area contributed by atoms with Gasteiger partial charge in [-0.1, -0.05) is 12.1 Å². The van der Waals surface area contributed by atoms with Gasteiger partial charge in [-0.15, -0.1) is 11.3 Å². The van der Waals surface area contributed by atoms with Crippen molar-refractivity contribution in [3.05, 3.63) is 45.3 Å². The van der Waals surface area contributed by atoms with Gasteiger partial charge in [-0.25, -0.2) is 4.79 Å². The normalized spacial score (nSPS) is 10.5. The average molecular weight is 418 g/mol. The number of rotatable bonds is 9. The van der Waals surface area contributed by atoms with E-state index in [1.165, 1.54) is 6.92 Å². The minimum atomic E-state index is -0.540. The van der Waals surface area contributed by atoms with E-state index in [4.69, 9.17) is 9.47 Å². The molecule has 0 bridgehead atoms. The van der Waals surface area contributed by atoms with Crippen molar-refractivity contribution in [3.8, 4) is 5.75 Å². The predicted octanol–water partition coefficient (Wildman–Crippen LogP) is 4.85. The molecule has 0 radical (unpaired) electrons. The molecule has 1 N–H and O–H groups in total. The van der Waals surface area contributed by atoms with Crippen molar-refractivity contribution in [1.82, 2.24) is 0 Å². The minimum absolute atomic E-state index is 0.152. The molecular formula is C22H27NO5S. The molecule has 0 atom stereocenters. The molecule has 0 fully saturated rings. The van der Waals surface area contributed by atoms with Crippen LogP contribution >= 0.6 is 11.3 Å². The van der Waals surface area contributed by atoms with Crippen molar-refractivity contribution >= 4 is 34.0 Å². The van der Waals surface area contributed by atoms with E-state index in [2.05, 4.69) is 5.32 Å². The van der Waals surface area contributed by atoms with E-state index in [9.17, 15) is 14.4 Å². The van der Waals surface area contributed by atoms with Crippen LogP contribution < -0.4 is 10.1 Å². The van der Waals surface area contributed by atoms with Gasteiger partial charge in [-0.3, -0.25) is 9.59 Å². The molecule has 0 saturated carbocycles. The van der Waals surface area contributed by atoms with Crippen LogP contribution in [-0.4, -0.2) is 30.9 Å². The molecule has 1 aromatic carbocycles. The number of hydrogen-bond donors (Lipinski definition) is 1. The number of ketones is 1. The first-order chi connectivity index (χ1) is 13.7. The van der Waals surface area contributed by atoms with E-state index in [-0.39, 0.29) is 30.3 Å². The molecule has 1 aromatic heterocycles. The van der Waals surface area contributed by atoms with Crippen molar-refractivity contribution in [3.63, 3.8) is 0 Å². The monoisotopic (exact) mass is 417 g/mol. The second kappa shape index (κ2) is 10.2. The van der Waals surface area contributed by atoms with Crippen LogP contribution in [0, 0.1) is 20.8 Å². The maximum atomic E-state index is 12.4. The number of amides is 1. The number of carbonyl (C=O) groups is 3. The summed E-state index contributed by atoms with van der Waals surface area (Å²) < 4.78 is 10.8. The molecule has 2 aromatic rings. The first-order valence-electron chi connectivity index (χ1n) is 9.55. The number of thiophene rings is 1. The van der Waals surface area contributed by atoms with Gasteiger partial charge in [-0.2, -0.15) is 0 Å². The number of ether oxygens (including phenoxy) is 2. The van der Waals surface area contributed by atoms with Crippen molar-refractivity contribution in [1.29, 1.82) is 0 Å². The van der Waals surface area contributed by atoms with Crippen LogP contribution in [0.1, 0.15) is 63.4 Å². The Labute approximate surface area is 175 Å². The zero-order valence-electron chi connectivity index (χ0n) is 17.5. The van der Waals surface area contributed by atoms with Crippen LogP contribution in [0.25, 0.3) is 0 Å². The largest absolute Gasteiger partial charge is 0.493 e. The summed E-state index contributed by atoms with van der Waals surface area (Å²) in [6, 6.07) is 5.99. The van der Waals surface area contributed by atoms with Gasteiger partial charge in [0.1, 0.15) is 10.8 Å². The van der Waals surface area contributed by atoms with Gasteiger partial charge in [0, 0.05) is 6.42 Å². The Balaban J connectivity index is 1.99. The molecule has 6 nitrogen and oxygen atoms in total. The maximum Gasteiger partial charge on any atom is 0.341 e. The molecule has 2 rings (SSSR count). The number of benzene rings is 1. The lowest BCUT2D eigenvalue weighted by Crippen LogP contribution is -2.15. The minimum Gasteiger partial charge on any atom is -0.493 e. The van der Waals surface area contributed by atoms with E-state index < -0.39 is 5.97 Å². The van der Waals surface area contributed by atoms with Crippen molar-refractivity contribution in [2.75, 3.05) is 18.5 Å². The van der Waals surface area contributed by atoms with Gasteiger partial charge in [0.2, 0.25) is 5.91 Å². The summed E-state index contributed by atoms with van der Waals surface area (Å²) in [6.07, 6.45) is 0.761. The highest BCUT2D eigenvalue weighted by atomic mass is 32.1. The smallest absolute Gasteiger partial charge is 0.341 e. The zero-order valence-corrected chi connectivity index (χ0v) is 18.3. The molecule has 156 valence electrons. The number of carbonyl (C=O) groups excluding carboxylic acids is 3. The Bertz CT molecular complexity index is 916. The third kappa shape index (κ3) is 5.90. The van der Waals surface area contributed by atoms with Gasteiger partial charge < -0.3 is 14.8 Å². The molecule has 0 saturated heterocycles. The van der Waals surface area contributed by atoms with Gasteiger partial charge >= 0.3 is 5.97 Å². The topological polar surface area (TPSA) is 81.7 Å². The number of aryl methyl sites for hydroxylation is 2. The quantitative estimate of drug-likeness (QED) is 0.358. The Kier molecular flexibility index (Phi) is 7.96. The Morgan fingerprint density at radius 2 is 1.86 bits per heavy atom. The third-order valence-corrected chi connectivity index (χ3v) is 5.66. The molecular weight excluding hydrogens is 390 g/mol. The number of anilines is 1. The summed E-state index contributed by atoms with van der Waals surface area (Å²) >= 11 is 1.10. The highest BCUT2D eigenvalue weighted by Crippen LogP contribution is 2.34. The second-order valence-corrected chi connectivity index (χ2v) is 7.83. The fourth-order valence-corrected chi connectivity index (χ4v) is 3.96. The summed E-state index contributed by atoms with van der Waals surface area (Å²) in [5, 5.41) is 3.11. The molecule has 1 heterocycles. The highest BCUT2D eigenvalue weighted by molar-refractivity contribution is 7.18. The molecule has 0 aliphatic heterocycles. The van der Waals surface area contributed by atoms with Crippen molar-refractivity contribution in [2.45, 2.75) is 47.5 Å². The van der Waals surface area contributed by atoms with Gasteiger partial charge in [0.15, 0.2) is 5.78 Å². The lowest BCUT2D eigenvalue weighted by atomic mass is 10.1. The van der Waals surface area contributed by atoms with E-state index >= 15 is 0 Å². The van der Waals surface area contributed by atoms with E-state index in [1.54, 1.807) is 13.8 Å². The Morgan fingerprint density at radius 3 is 2.52 bits per heavy atom. The summed E-state index contributed by atoms with van der Waals surface area (Å²) in [7, 11) is 0.